The molecule has 6 heteroatoms. The van der Waals surface area contributed by atoms with Crippen molar-refractivity contribution in [2.75, 3.05) is 19.8 Å². The number of aromatic nitrogens is 2. The van der Waals surface area contributed by atoms with Gasteiger partial charge < -0.3 is 14.4 Å². The number of hydrogen-bond acceptors (Lipinski definition) is 5. The second-order valence-electron chi connectivity index (χ2n) is 6.87. The van der Waals surface area contributed by atoms with Crippen LogP contribution < -0.4 is 0 Å². The summed E-state index contributed by atoms with van der Waals surface area (Å²) in [4.78, 5) is 23.1. The third-order valence-corrected chi connectivity index (χ3v) is 3.85. The van der Waals surface area contributed by atoms with E-state index in [0.717, 1.165) is 35.5 Å². The van der Waals surface area contributed by atoms with Gasteiger partial charge in [-0.25, -0.2) is 14.8 Å². The molecule has 2 aliphatic rings. The number of hydrogen-bond donors (Lipinski definition) is 0. The van der Waals surface area contributed by atoms with Crippen LogP contribution >= 0.6 is 0 Å². The van der Waals surface area contributed by atoms with Crippen LogP contribution in [0.25, 0.3) is 5.57 Å². The van der Waals surface area contributed by atoms with E-state index in [2.05, 4.69) is 9.97 Å². The van der Waals surface area contributed by atoms with Crippen molar-refractivity contribution in [2.45, 2.75) is 45.8 Å². The summed E-state index contributed by atoms with van der Waals surface area (Å²) in [5, 5.41) is 0. The summed E-state index contributed by atoms with van der Waals surface area (Å²) in [5.74, 6) is 0.748. The van der Waals surface area contributed by atoms with Gasteiger partial charge in [0.05, 0.1) is 25.5 Å². The number of carbonyl (C=O) groups is 1. The van der Waals surface area contributed by atoms with E-state index in [1.54, 1.807) is 4.90 Å². The Hall–Kier alpha value is -1.95. The third kappa shape index (κ3) is 3.88. The second kappa shape index (κ2) is 6.28. The summed E-state index contributed by atoms with van der Waals surface area (Å²) >= 11 is 0. The van der Waals surface area contributed by atoms with E-state index in [9.17, 15) is 4.79 Å². The molecule has 0 aliphatic carbocycles. The molecular formula is C17H23N3O3. The van der Waals surface area contributed by atoms with Crippen LogP contribution in [0, 0.1) is 0 Å². The van der Waals surface area contributed by atoms with Crippen LogP contribution in [-0.4, -0.2) is 46.3 Å². The normalized spacial score (nSPS) is 18.2. The summed E-state index contributed by atoms with van der Waals surface area (Å²) in [5.41, 5.74) is 2.66. The first-order valence-electron chi connectivity index (χ1n) is 8.02. The number of fused-ring (bicyclic) bond motifs is 1. The summed E-state index contributed by atoms with van der Waals surface area (Å²) in [6.07, 6.45) is 5.22. The summed E-state index contributed by atoms with van der Waals surface area (Å²) in [6, 6.07) is 0. The molecule has 2 aliphatic heterocycles. The summed E-state index contributed by atoms with van der Waals surface area (Å²) in [6.45, 7) is 8.06. The molecule has 1 aromatic rings. The van der Waals surface area contributed by atoms with E-state index in [0.29, 0.717) is 26.3 Å². The van der Waals surface area contributed by atoms with Gasteiger partial charge in [-0.05, 0) is 44.7 Å². The first-order chi connectivity index (χ1) is 10.9. The average molecular weight is 317 g/mol. The fourth-order valence-electron chi connectivity index (χ4n) is 2.67. The Balaban J connectivity index is 1.76. The predicted molar refractivity (Wildman–Crippen MR) is 85.8 cm³/mol. The van der Waals surface area contributed by atoms with Crippen molar-refractivity contribution in [3.63, 3.8) is 0 Å². The lowest BCUT2D eigenvalue weighted by molar-refractivity contribution is 0.0220. The van der Waals surface area contributed by atoms with Gasteiger partial charge in [0.15, 0.2) is 5.82 Å². The van der Waals surface area contributed by atoms with Gasteiger partial charge >= 0.3 is 6.09 Å². The molecule has 0 spiro atoms. The molecule has 0 saturated heterocycles. The molecule has 1 amide bonds. The highest BCUT2D eigenvalue weighted by atomic mass is 16.6. The Bertz CT molecular complexity index is 634. The monoisotopic (exact) mass is 317 g/mol. The maximum absolute atomic E-state index is 12.2. The molecule has 0 aromatic carbocycles. The number of amides is 1. The van der Waals surface area contributed by atoms with Crippen LogP contribution in [0.3, 0.4) is 0 Å². The molecule has 0 unspecified atom stereocenters. The van der Waals surface area contributed by atoms with Gasteiger partial charge in [-0.3, -0.25) is 0 Å². The zero-order chi connectivity index (χ0) is 16.4. The van der Waals surface area contributed by atoms with E-state index < -0.39 is 5.60 Å². The molecule has 0 fully saturated rings. The summed E-state index contributed by atoms with van der Waals surface area (Å²) < 4.78 is 10.8. The fourth-order valence-corrected chi connectivity index (χ4v) is 2.67. The smallest absolute Gasteiger partial charge is 0.410 e. The number of nitrogens with zero attached hydrogens (tertiary/aromatic N) is 3. The maximum Gasteiger partial charge on any atom is 0.410 e. The van der Waals surface area contributed by atoms with Gasteiger partial charge in [0.1, 0.15) is 5.60 Å². The molecule has 0 bridgehead atoms. The SMILES string of the molecule is CC(C)(C)OC(=O)N1CCc2cnc(C3=CCOCC3)nc2C1. The van der Waals surface area contributed by atoms with E-state index in [-0.39, 0.29) is 6.09 Å². The van der Waals surface area contributed by atoms with Crippen LogP contribution in [0.5, 0.6) is 0 Å². The van der Waals surface area contributed by atoms with Crippen LogP contribution in [-0.2, 0) is 22.4 Å². The van der Waals surface area contributed by atoms with Crippen molar-refractivity contribution in [1.29, 1.82) is 0 Å². The Kier molecular flexibility index (Phi) is 4.35. The van der Waals surface area contributed by atoms with Gasteiger partial charge in [-0.15, -0.1) is 0 Å². The van der Waals surface area contributed by atoms with Crippen molar-refractivity contribution in [3.05, 3.63) is 29.4 Å². The van der Waals surface area contributed by atoms with Gasteiger partial charge in [-0.2, -0.15) is 0 Å². The highest BCUT2D eigenvalue weighted by Crippen LogP contribution is 2.23. The van der Waals surface area contributed by atoms with Crippen molar-refractivity contribution < 1.29 is 14.3 Å². The van der Waals surface area contributed by atoms with Crippen LogP contribution in [0.15, 0.2) is 12.3 Å². The molecule has 6 nitrogen and oxygen atoms in total. The average Bonchev–Trinajstić information content (AvgIpc) is 2.53. The lowest BCUT2D eigenvalue weighted by Gasteiger charge is -2.30. The van der Waals surface area contributed by atoms with E-state index in [1.807, 2.05) is 33.0 Å². The molecule has 23 heavy (non-hydrogen) atoms. The highest BCUT2D eigenvalue weighted by Gasteiger charge is 2.27. The number of rotatable bonds is 1. The van der Waals surface area contributed by atoms with Crippen molar-refractivity contribution >= 4 is 11.7 Å². The van der Waals surface area contributed by atoms with E-state index in [4.69, 9.17) is 9.47 Å². The first kappa shape index (κ1) is 15.9. The van der Waals surface area contributed by atoms with Crippen LogP contribution in [0.1, 0.15) is 44.3 Å². The zero-order valence-corrected chi connectivity index (χ0v) is 14.0. The Morgan fingerprint density at radius 2 is 2.17 bits per heavy atom. The maximum atomic E-state index is 12.2. The van der Waals surface area contributed by atoms with E-state index in [1.165, 1.54) is 0 Å². The predicted octanol–water partition coefficient (Wildman–Crippen LogP) is 2.57. The van der Waals surface area contributed by atoms with Crippen LogP contribution in [0.4, 0.5) is 4.79 Å². The van der Waals surface area contributed by atoms with Gasteiger partial charge in [0.25, 0.3) is 0 Å². The van der Waals surface area contributed by atoms with Gasteiger partial charge in [0, 0.05) is 12.7 Å². The number of ether oxygens (including phenoxy) is 2. The molecule has 1 aromatic heterocycles. The molecule has 0 radical (unpaired) electrons. The zero-order valence-electron chi connectivity index (χ0n) is 14.0. The third-order valence-electron chi connectivity index (χ3n) is 3.85. The standard InChI is InChI=1S/C17H23N3O3/c1-17(2,3)23-16(21)20-7-4-13-10-18-15(19-14(13)11-20)12-5-8-22-9-6-12/h5,10H,4,6-9,11H2,1-3H3. The molecule has 0 N–H and O–H groups in total. The Morgan fingerprint density at radius 1 is 1.35 bits per heavy atom. The molecule has 3 heterocycles. The molecule has 0 atom stereocenters. The lowest BCUT2D eigenvalue weighted by atomic mass is 10.1. The highest BCUT2D eigenvalue weighted by molar-refractivity contribution is 5.68. The molecule has 0 saturated carbocycles. The lowest BCUT2D eigenvalue weighted by Crippen LogP contribution is -2.40. The number of carbonyl (C=O) groups excluding carboxylic acids is 1. The second-order valence-corrected chi connectivity index (χ2v) is 6.87. The van der Waals surface area contributed by atoms with Gasteiger partial charge in [-0.1, -0.05) is 6.08 Å². The minimum absolute atomic E-state index is 0.284. The topological polar surface area (TPSA) is 64.5 Å². The largest absolute Gasteiger partial charge is 0.444 e. The summed E-state index contributed by atoms with van der Waals surface area (Å²) in [7, 11) is 0. The Labute approximate surface area is 136 Å². The molecule has 124 valence electrons. The molecular weight excluding hydrogens is 294 g/mol. The molecule has 3 rings (SSSR count). The minimum Gasteiger partial charge on any atom is -0.444 e. The van der Waals surface area contributed by atoms with E-state index >= 15 is 0 Å². The van der Waals surface area contributed by atoms with Crippen molar-refractivity contribution in [3.8, 4) is 0 Å². The van der Waals surface area contributed by atoms with Crippen LogP contribution in [0.2, 0.25) is 0 Å². The fraction of sp³-hybridized carbons (Fsp3) is 0.588. The quantitative estimate of drug-likeness (QED) is 0.796. The first-order valence-corrected chi connectivity index (χ1v) is 8.02. The van der Waals surface area contributed by atoms with Crippen molar-refractivity contribution in [1.82, 2.24) is 14.9 Å². The van der Waals surface area contributed by atoms with Crippen molar-refractivity contribution in [2.24, 2.45) is 0 Å². The van der Waals surface area contributed by atoms with Gasteiger partial charge in [0.2, 0.25) is 0 Å². The Morgan fingerprint density at radius 3 is 2.87 bits per heavy atom. The minimum atomic E-state index is -0.485.